The normalized spacial score (nSPS) is 18.7. The van der Waals surface area contributed by atoms with Crippen molar-refractivity contribution < 1.29 is 24.2 Å². The Morgan fingerprint density at radius 3 is 2.40 bits per heavy atom. The molecule has 2 aromatic carbocycles. The number of carbonyl (C=O) groups excluding carboxylic acids is 2. The molecule has 0 spiro atoms. The number of fused-ring (bicyclic) bond motifs is 3. The van der Waals surface area contributed by atoms with Crippen LogP contribution in [0.4, 0.5) is 10.5 Å². The summed E-state index contributed by atoms with van der Waals surface area (Å²) in [5, 5.41) is 16.2. The van der Waals surface area contributed by atoms with Crippen molar-refractivity contribution in [1.82, 2.24) is 14.7 Å². The monoisotopic (exact) mass is 474 g/mol. The highest BCUT2D eigenvalue weighted by Crippen LogP contribution is 2.44. The van der Waals surface area contributed by atoms with Crippen molar-refractivity contribution >= 4 is 23.7 Å². The van der Waals surface area contributed by atoms with Crippen LogP contribution in [0.15, 0.2) is 60.9 Å². The van der Waals surface area contributed by atoms with Gasteiger partial charge in [0.2, 0.25) is 5.91 Å². The van der Waals surface area contributed by atoms with E-state index in [2.05, 4.69) is 34.7 Å². The highest BCUT2D eigenvalue weighted by Gasteiger charge is 2.39. The first-order valence-corrected chi connectivity index (χ1v) is 11.6. The smallest absolute Gasteiger partial charge is 0.411 e. The average molecular weight is 475 g/mol. The molecule has 180 valence electrons. The van der Waals surface area contributed by atoms with Crippen LogP contribution in [0.5, 0.6) is 0 Å². The van der Waals surface area contributed by atoms with Gasteiger partial charge in [0.1, 0.15) is 19.2 Å². The maximum absolute atomic E-state index is 12.6. The van der Waals surface area contributed by atoms with Crippen LogP contribution < -0.4 is 5.32 Å². The molecule has 0 bridgehead atoms. The number of aromatic nitrogens is 2. The number of rotatable bonds is 6. The van der Waals surface area contributed by atoms with E-state index in [-0.39, 0.29) is 30.9 Å². The molecular formula is C26H26N4O5. The zero-order valence-electron chi connectivity index (χ0n) is 19.3. The third-order valence-electron chi connectivity index (χ3n) is 6.79. The molecule has 9 nitrogen and oxygen atoms in total. The van der Waals surface area contributed by atoms with Gasteiger partial charge in [0.15, 0.2) is 0 Å². The largest absolute Gasteiger partial charge is 0.480 e. The van der Waals surface area contributed by atoms with Crippen LogP contribution in [0.3, 0.4) is 0 Å². The van der Waals surface area contributed by atoms with E-state index in [1.165, 1.54) is 22.0 Å². The standard InChI is InChI=1S/C26H26N4O5/c1-16-10-11-30(24(16)25(32)33)23(31)14-29-13-17(12-27-29)28-26(34)35-15-22-20-8-4-2-6-18(20)19-7-3-5-9-21(19)22/h2-9,12-13,16,22,24H,10-11,14-15H2,1H3,(H,28,34)(H,32,33). The summed E-state index contributed by atoms with van der Waals surface area (Å²) in [6.07, 6.45) is 2.98. The zero-order chi connectivity index (χ0) is 24.5. The first-order valence-electron chi connectivity index (χ1n) is 11.6. The second-order valence-corrected chi connectivity index (χ2v) is 9.01. The molecule has 1 aromatic heterocycles. The molecule has 0 radical (unpaired) electrons. The highest BCUT2D eigenvalue weighted by atomic mass is 16.5. The van der Waals surface area contributed by atoms with Gasteiger partial charge in [-0.15, -0.1) is 0 Å². The molecule has 5 rings (SSSR count). The minimum atomic E-state index is -0.999. The summed E-state index contributed by atoms with van der Waals surface area (Å²) in [7, 11) is 0. The first-order chi connectivity index (χ1) is 16.9. The number of ether oxygens (including phenoxy) is 1. The molecule has 3 aromatic rings. The maximum atomic E-state index is 12.6. The first kappa shape index (κ1) is 22.6. The van der Waals surface area contributed by atoms with Crippen LogP contribution in [0.25, 0.3) is 11.1 Å². The van der Waals surface area contributed by atoms with Gasteiger partial charge in [0, 0.05) is 18.7 Å². The van der Waals surface area contributed by atoms with Gasteiger partial charge in [0.25, 0.3) is 0 Å². The Balaban J connectivity index is 1.18. The lowest BCUT2D eigenvalue weighted by Crippen LogP contribution is -2.44. The lowest BCUT2D eigenvalue weighted by atomic mass is 9.98. The van der Waals surface area contributed by atoms with E-state index < -0.39 is 18.1 Å². The topological polar surface area (TPSA) is 114 Å². The molecule has 2 amide bonds. The Kier molecular flexibility index (Phi) is 5.98. The van der Waals surface area contributed by atoms with Crippen LogP contribution in [0, 0.1) is 5.92 Å². The molecule has 2 heterocycles. The summed E-state index contributed by atoms with van der Waals surface area (Å²) in [5.41, 5.74) is 4.95. The molecule has 2 aliphatic rings. The molecule has 9 heteroatoms. The van der Waals surface area contributed by atoms with Crippen LogP contribution in [0.1, 0.15) is 30.4 Å². The molecule has 1 aliphatic heterocycles. The Bertz CT molecular complexity index is 1240. The van der Waals surface area contributed by atoms with Gasteiger partial charge in [-0.3, -0.25) is 14.8 Å². The van der Waals surface area contributed by atoms with E-state index >= 15 is 0 Å². The Morgan fingerprint density at radius 1 is 1.09 bits per heavy atom. The van der Waals surface area contributed by atoms with Crippen molar-refractivity contribution in [3.8, 4) is 11.1 Å². The molecule has 2 N–H and O–H groups in total. The third-order valence-corrected chi connectivity index (χ3v) is 6.79. The SMILES string of the molecule is CC1CCN(C(=O)Cn2cc(NC(=O)OCC3c4ccccc4-c4ccccc43)cn2)C1C(=O)O. The van der Waals surface area contributed by atoms with E-state index in [4.69, 9.17) is 4.74 Å². The molecule has 1 aliphatic carbocycles. The molecule has 0 saturated carbocycles. The molecular weight excluding hydrogens is 448 g/mol. The third kappa shape index (κ3) is 4.37. The zero-order valence-corrected chi connectivity index (χ0v) is 19.3. The van der Waals surface area contributed by atoms with Crippen LogP contribution in [-0.4, -0.2) is 57.0 Å². The van der Waals surface area contributed by atoms with Crippen molar-refractivity contribution in [2.45, 2.75) is 31.8 Å². The van der Waals surface area contributed by atoms with Crippen molar-refractivity contribution in [1.29, 1.82) is 0 Å². The second-order valence-electron chi connectivity index (χ2n) is 9.01. The van der Waals surface area contributed by atoms with E-state index in [0.717, 1.165) is 22.3 Å². The van der Waals surface area contributed by atoms with E-state index in [9.17, 15) is 19.5 Å². The number of hydrogen-bond acceptors (Lipinski definition) is 5. The fraction of sp³-hybridized carbons (Fsp3) is 0.308. The number of carbonyl (C=O) groups is 3. The predicted molar refractivity (Wildman–Crippen MR) is 128 cm³/mol. The molecule has 1 saturated heterocycles. The quantitative estimate of drug-likeness (QED) is 0.565. The predicted octanol–water partition coefficient (Wildman–Crippen LogP) is 3.57. The van der Waals surface area contributed by atoms with Crippen LogP contribution in [-0.2, 0) is 20.9 Å². The molecule has 1 fully saturated rings. The summed E-state index contributed by atoms with van der Waals surface area (Å²) in [5.74, 6) is -1.46. The van der Waals surface area contributed by atoms with Gasteiger partial charge in [0.05, 0.1) is 11.9 Å². The van der Waals surface area contributed by atoms with Gasteiger partial charge >= 0.3 is 12.1 Å². The lowest BCUT2D eigenvalue weighted by Gasteiger charge is -2.23. The number of nitrogens with zero attached hydrogens (tertiary/aromatic N) is 3. The van der Waals surface area contributed by atoms with Crippen LogP contribution >= 0.6 is 0 Å². The number of anilines is 1. The van der Waals surface area contributed by atoms with Crippen molar-refractivity contribution in [3.63, 3.8) is 0 Å². The number of carboxylic acids is 1. The van der Waals surface area contributed by atoms with Crippen molar-refractivity contribution in [2.75, 3.05) is 18.5 Å². The average Bonchev–Trinajstić information content (AvgIpc) is 3.53. The van der Waals surface area contributed by atoms with Crippen molar-refractivity contribution in [3.05, 3.63) is 72.1 Å². The number of nitrogens with one attached hydrogen (secondary N) is 1. The Labute approximate surface area is 202 Å². The van der Waals surface area contributed by atoms with Gasteiger partial charge in [-0.1, -0.05) is 55.5 Å². The summed E-state index contributed by atoms with van der Waals surface area (Å²) in [4.78, 5) is 38.0. The lowest BCUT2D eigenvalue weighted by molar-refractivity contribution is -0.149. The minimum Gasteiger partial charge on any atom is -0.480 e. The number of carboxylic acid groups (broad SMARTS) is 1. The van der Waals surface area contributed by atoms with Gasteiger partial charge < -0.3 is 14.7 Å². The Hall–Kier alpha value is -4.14. The summed E-state index contributed by atoms with van der Waals surface area (Å²) >= 11 is 0. The van der Waals surface area contributed by atoms with Gasteiger partial charge in [-0.25, -0.2) is 9.59 Å². The molecule has 35 heavy (non-hydrogen) atoms. The fourth-order valence-corrected chi connectivity index (χ4v) is 5.10. The number of benzene rings is 2. The fourth-order valence-electron chi connectivity index (χ4n) is 5.10. The summed E-state index contributed by atoms with van der Waals surface area (Å²) in [6.45, 7) is 2.32. The Morgan fingerprint density at radius 2 is 1.74 bits per heavy atom. The second kappa shape index (κ2) is 9.25. The highest BCUT2D eigenvalue weighted by molar-refractivity contribution is 5.86. The van der Waals surface area contributed by atoms with E-state index in [1.807, 2.05) is 31.2 Å². The summed E-state index contributed by atoms with van der Waals surface area (Å²) < 4.78 is 6.92. The maximum Gasteiger partial charge on any atom is 0.411 e. The molecule has 2 atom stereocenters. The molecule has 2 unspecified atom stereocenters. The van der Waals surface area contributed by atoms with E-state index in [0.29, 0.717) is 18.7 Å². The van der Waals surface area contributed by atoms with Crippen molar-refractivity contribution in [2.24, 2.45) is 5.92 Å². The number of amides is 2. The van der Waals surface area contributed by atoms with Gasteiger partial charge in [-0.2, -0.15) is 5.10 Å². The number of aliphatic carboxylic acids is 1. The minimum absolute atomic E-state index is 0.0430. The summed E-state index contributed by atoms with van der Waals surface area (Å²) in [6, 6.07) is 15.4. The number of likely N-dealkylation sites (tertiary alicyclic amines) is 1. The number of hydrogen-bond donors (Lipinski definition) is 2. The van der Waals surface area contributed by atoms with Gasteiger partial charge in [-0.05, 0) is 34.6 Å². The van der Waals surface area contributed by atoms with E-state index in [1.54, 1.807) is 0 Å². The van der Waals surface area contributed by atoms with Crippen LogP contribution in [0.2, 0.25) is 0 Å².